The Labute approximate surface area is 195 Å². The third-order valence-electron chi connectivity index (χ3n) is 5.81. The van der Waals surface area contributed by atoms with E-state index in [4.69, 9.17) is 4.74 Å². The maximum Gasteiger partial charge on any atom is 0.573 e. The molecule has 12 heteroatoms. The number of hydrogen-bond acceptors (Lipinski definition) is 7. The van der Waals surface area contributed by atoms with Crippen molar-refractivity contribution in [1.82, 2.24) is 0 Å². The molecule has 1 saturated carbocycles. The quantitative estimate of drug-likeness (QED) is 0.555. The van der Waals surface area contributed by atoms with E-state index in [1.165, 1.54) is 18.2 Å². The number of rotatable bonds is 5. The summed E-state index contributed by atoms with van der Waals surface area (Å²) in [6.07, 6.45) is -1.25. The van der Waals surface area contributed by atoms with Crippen LogP contribution in [0.5, 0.6) is 17.2 Å². The third-order valence-corrected chi connectivity index (χ3v) is 6.94. The van der Waals surface area contributed by atoms with Crippen LogP contribution in [0.2, 0.25) is 0 Å². The number of sulfone groups is 1. The van der Waals surface area contributed by atoms with Gasteiger partial charge in [0.15, 0.2) is 15.9 Å². The highest BCUT2D eigenvalue weighted by Crippen LogP contribution is 2.42. The number of halogens is 3. The van der Waals surface area contributed by atoms with Gasteiger partial charge in [0, 0.05) is 19.8 Å². The highest BCUT2D eigenvalue weighted by Gasteiger charge is 2.33. The Balaban J connectivity index is 0.00000342. The zero-order valence-corrected chi connectivity index (χ0v) is 18.9. The van der Waals surface area contributed by atoms with Crippen LogP contribution in [-0.4, -0.2) is 44.7 Å². The van der Waals surface area contributed by atoms with Crippen molar-refractivity contribution in [2.45, 2.75) is 49.0 Å². The smallest absolute Gasteiger partial charge is 0.508 e. The molecule has 186 valence electrons. The average molecular weight is 503 g/mol. The summed E-state index contributed by atoms with van der Waals surface area (Å²) < 4.78 is 71.5. The SMILES string of the molecule is CS(=O)(=O)c1cc(C2CCCC2)c(O)cc1NC(=O)C1CNc2cc(OC(F)(F)F)ccc2O1.[HH]. The second kappa shape index (κ2) is 8.90. The van der Waals surface area contributed by atoms with E-state index in [2.05, 4.69) is 15.4 Å². The number of nitrogens with one attached hydrogen (secondary N) is 2. The van der Waals surface area contributed by atoms with Gasteiger partial charge in [-0.25, -0.2) is 8.42 Å². The standard InChI is InChI=1S/C22H23F3N2O6S.H2/c1-34(30,31)20-9-14(12-4-2-3-5-12)17(28)10-16(20)27-21(29)19-11-26-15-8-13(33-22(23,24)25)6-7-18(15)32-19;/h6-10,12,19,26,28H,2-5,11H2,1H3,(H,27,29);1H. The highest BCUT2D eigenvalue weighted by atomic mass is 32.2. The minimum Gasteiger partial charge on any atom is -0.508 e. The van der Waals surface area contributed by atoms with Gasteiger partial charge in [0.2, 0.25) is 0 Å². The topological polar surface area (TPSA) is 114 Å². The summed E-state index contributed by atoms with van der Waals surface area (Å²) in [6, 6.07) is 6.02. The molecule has 0 aromatic heterocycles. The summed E-state index contributed by atoms with van der Waals surface area (Å²) in [5.74, 6) is -1.05. The third kappa shape index (κ3) is 5.32. The highest BCUT2D eigenvalue weighted by molar-refractivity contribution is 7.90. The van der Waals surface area contributed by atoms with Gasteiger partial charge in [-0.3, -0.25) is 4.79 Å². The summed E-state index contributed by atoms with van der Waals surface area (Å²) in [6.45, 7) is -0.0886. The fraction of sp³-hybridized carbons (Fsp3) is 0.409. The summed E-state index contributed by atoms with van der Waals surface area (Å²) >= 11 is 0. The Morgan fingerprint density at radius 2 is 1.94 bits per heavy atom. The van der Waals surface area contributed by atoms with Crippen LogP contribution < -0.4 is 20.1 Å². The lowest BCUT2D eigenvalue weighted by molar-refractivity contribution is -0.274. The van der Waals surface area contributed by atoms with Gasteiger partial charge in [0.25, 0.3) is 5.91 Å². The zero-order chi connectivity index (χ0) is 24.7. The lowest BCUT2D eigenvalue weighted by Crippen LogP contribution is -2.41. The fourth-order valence-electron chi connectivity index (χ4n) is 4.26. The van der Waals surface area contributed by atoms with Crippen LogP contribution in [0, 0.1) is 0 Å². The fourth-order valence-corrected chi connectivity index (χ4v) is 5.11. The minimum absolute atomic E-state index is 0. The first-order valence-corrected chi connectivity index (χ1v) is 12.5. The Morgan fingerprint density at radius 3 is 2.59 bits per heavy atom. The number of phenols is 1. The van der Waals surface area contributed by atoms with Crippen LogP contribution in [0.15, 0.2) is 35.2 Å². The van der Waals surface area contributed by atoms with Gasteiger partial charge < -0.3 is 25.2 Å². The van der Waals surface area contributed by atoms with Crippen LogP contribution in [0.3, 0.4) is 0 Å². The summed E-state index contributed by atoms with van der Waals surface area (Å²) in [5.41, 5.74) is 0.675. The molecular weight excluding hydrogens is 477 g/mol. The van der Waals surface area contributed by atoms with Gasteiger partial charge in [0.1, 0.15) is 17.2 Å². The van der Waals surface area contributed by atoms with Gasteiger partial charge >= 0.3 is 6.36 Å². The second-order valence-corrected chi connectivity index (χ2v) is 10.3. The van der Waals surface area contributed by atoms with E-state index < -0.39 is 34.0 Å². The number of anilines is 2. The number of ether oxygens (including phenoxy) is 2. The molecule has 1 aliphatic carbocycles. The first-order valence-electron chi connectivity index (χ1n) is 10.6. The van der Waals surface area contributed by atoms with E-state index in [1.807, 2.05) is 0 Å². The first kappa shape index (κ1) is 24.0. The van der Waals surface area contributed by atoms with Crippen LogP contribution in [-0.2, 0) is 14.6 Å². The van der Waals surface area contributed by atoms with Crippen molar-refractivity contribution in [2.75, 3.05) is 23.4 Å². The van der Waals surface area contributed by atoms with E-state index in [-0.39, 0.29) is 41.7 Å². The summed E-state index contributed by atoms with van der Waals surface area (Å²) in [4.78, 5) is 12.7. The molecule has 2 aromatic rings. The molecule has 0 radical (unpaired) electrons. The molecule has 2 aromatic carbocycles. The number of carbonyl (C=O) groups excluding carboxylic acids is 1. The maximum absolute atomic E-state index is 12.8. The molecule has 1 atom stereocenters. The molecule has 2 aliphatic rings. The van der Waals surface area contributed by atoms with Crippen LogP contribution in [0.4, 0.5) is 24.5 Å². The Kier molecular flexibility index (Phi) is 6.28. The number of amides is 1. The number of benzene rings is 2. The monoisotopic (exact) mass is 502 g/mol. The Hall–Kier alpha value is -3.15. The molecule has 0 saturated heterocycles. The van der Waals surface area contributed by atoms with Crippen molar-refractivity contribution < 1.29 is 42.4 Å². The minimum atomic E-state index is -4.84. The van der Waals surface area contributed by atoms with E-state index in [9.17, 15) is 31.5 Å². The molecule has 3 N–H and O–H groups in total. The summed E-state index contributed by atoms with van der Waals surface area (Å²) in [7, 11) is -3.74. The van der Waals surface area contributed by atoms with Crippen LogP contribution >= 0.6 is 0 Å². The molecule has 0 spiro atoms. The van der Waals surface area contributed by atoms with Crippen molar-refractivity contribution in [1.29, 1.82) is 0 Å². The van der Waals surface area contributed by atoms with Crippen molar-refractivity contribution in [2.24, 2.45) is 0 Å². The van der Waals surface area contributed by atoms with Gasteiger partial charge in [-0.2, -0.15) is 0 Å². The predicted molar refractivity (Wildman–Crippen MR) is 119 cm³/mol. The number of alkyl halides is 3. The van der Waals surface area contributed by atoms with E-state index in [0.717, 1.165) is 44.1 Å². The predicted octanol–water partition coefficient (Wildman–Crippen LogP) is 4.41. The first-order chi connectivity index (χ1) is 15.9. The molecule has 1 aliphatic heterocycles. The maximum atomic E-state index is 12.8. The lowest BCUT2D eigenvalue weighted by Gasteiger charge is -2.27. The van der Waals surface area contributed by atoms with Gasteiger partial charge in [0.05, 0.1) is 22.8 Å². The number of carbonyl (C=O) groups is 1. The molecule has 34 heavy (non-hydrogen) atoms. The van der Waals surface area contributed by atoms with E-state index >= 15 is 0 Å². The van der Waals surface area contributed by atoms with Crippen molar-refractivity contribution in [3.05, 3.63) is 35.9 Å². The van der Waals surface area contributed by atoms with Crippen molar-refractivity contribution in [3.8, 4) is 17.2 Å². The molecule has 1 unspecified atom stereocenters. The second-order valence-electron chi connectivity index (χ2n) is 8.34. The number of aromatic hydroxyl groups is 1. The van der Waals surface area contributed by atoms with E-state index in [1.54, 1.807) is 0 Å². The van der Waals surface area contributed by atoms with Gasteiger partial charge in [-0.15, -0.1) is 13.2 Å². The normalized spacial score (nSPS) is 18.5. The van der Waals surface area contributed by atoms with Crippen LogP contribution in [0.1, 0.15) is 38.6 Å². The van der Waals surface area contributed by atoms with Crippen molar-refractivity contribution >= 4 is 27.1 Å². The molecule has 4 rings (SSSR count). The average Bonchev–Trinajstić information content (AvgIpc) is 3.26. The molecule has 1 fully saturated rings. The molecule has 0 bridgehead atoms. The zero-order valence-electron chi connectivity index (χ0n) is 18.1. The van der Waals surface area contributed by atoms with Gasteiger partial charge in [-0.1, -0.05) is 12.8 Å². The molecular formula is C22H25F3N2O6S. The molecule has 8 nitrogen and oxygen atoms in total. The largest absolute Gasteiger partial charge is 0.573 e. The van der Waals surface area contributed by atoms with E-state index in [0.29, 0.717) is 5.56 Å². The van der Waals surface area contributed by atoms with Crippen molar-refractivity contribution in [3.63, 3.8) is 0 Å². The van der Waals surface area contributed by atoms with Gasteiger partial charge in [-0.05, 0) is 42.5 Å². The Morgan fingerprint density at radius 1 is 1.24 bits per heavy atom. The number of hydrogen-bond donors (Lipinski definition) is 3. The lowest BCUT2D eigenvalue weighted by atomic mass is 9.96. The number of phenolic OH excluding ortho intramolecular Hbond substituents is 1. The van der Waals surface area contributed by atoms with Crippen LogP contribution in [0.25, 0.3) is 0 Å². The Bertz CT molecular complexity index is 1220. The summed E-state index contributed by atoms with van der Waals surface area (Å²) in [5, 5.41) is 15.8. The molecule has 1 heterocycles. The molecule has 1 amide bonds. The number of fused-ring (bicyclic) bond motifs is 1.